The van der Waals surface area contributed by atoms with Crippen molar-refractivity contribution >= 4 is 5.97 Å². The van der Waals surface area contributed by atoms with Gasteiger partial charge in [-0.1, -0.05) is 13.5 Å². The van der Waals surface area contributed by atoms with Gasteiger partial charge in [0.05, 0.1) is 0 Å². The first-order valence-electron chi connectivity index (χ1n) is 6.14. The molecule has 0 spiro atoms. The largest absolute Gasteiger partial charge is 0.459 e. The van der Waals surface area contributed by atoms with E-state index in [-0.39, 0.29) is 18.4 Å². The van der Waals surface area contributed by atoms with Crippen molar-refractivity contribution in [3.8, 4) is 0 Å². The summed E-state index contributed by atoms with van der Waals surface area (Å²) >= 11 is 0. The van der Waals surface area contributed by atoms with Gasteiger partial charge in [-0.25, -0.2) is 4.79 Å². The highest BCUT2D eigenvalue weighted by molar-refractivity contribution is 5.87. The Hall–Kier alpha value is -0.870. The van der Waals surface area contributed by atoms with Crippen molar-refractivity contribution in [2.24, 2.45) is 0 Å². The molecule has 0 amide bonds. The topological polar surface area (TPSA) is 44.8 Å². The summed E-state index contributed by atoms with van der Waals surface area (Å²) in [6, 6.07) is 0. The monoisotopic (exact) mass is 244 g/mol. The van der Waals surface area contributed by atoms with Gasteiger partial charge in [0.25, 0.3) is 0 Å². The molecule has 0 aromatic carbocycles. The van der Waals surface area contributed by atoms with Crippen LogP contribution in [0.2, 0.25) is 0 Å². The summed E-state index contributed by atoms with van der Waals surface area (Å²) < 4.78 is 16.1. The van der Waals surface area contributed by atoms with Crippen LogP contribution in [-0.2, 0) is 19.0 Å². The minimum atomic E-state index is -0.358. The van der Waals surface area contributed by atoms with Crippen LogP contribution in [0.15, 0.2) is 12.2 Å². The molecule has 0 aliphatic carbocycles. The van der Waals surface area contributed by atoms with Gasteiger partial charge < -0.3 is 14.2 Å². The Bertz CT molecular complexity index is 232. The van der Waals surface area contributed by atoms with Crippen molar-refractivity contribution in [1.29, 1.82) is 0 Å². The molecule has 0 heterocycles. The van der Waals surface area contributed by atoms with Gasteiger partial charge in [-0.3, -0.25) is 0 Å². The third kappa shape index (κ3) is 7.13. The average molecular weight is 244 g/mol. The molecule has 0 aliphatic rings. The van der Waals surface area contributed by atoms with Crippen molar-refractivity contribution in [3.05, 3.63) is 12.2 Å². The van der Waals surface area contributed by atoms with E-state index in [0.717, 1.165) is 6.42 Å². The van der Waals surface area contributed by atoms with E-state index < -0.39 is 0 Å². The van der Waals surface area contributed by atoms with E-state index in [2.05, 4.69) is 6.58 Å². The Morgan fingerprint density at radius 3 is 2.06 bits per heavy atom. The van der Waals surface area contributed by atoms with Crippen molar-refractivity contribution < 1.29 is 19.0 Å². The lowest BCUT2D eigenvalue weighted by molar-refractivity contribution is -0.166. The second kappa shape index (κ2) is 9.19. The molecule has 0 saturated carbocycles. The maximum atomic E-state index is 11.4. The van der Waals surface area contributed by atoms with Gasteiger partial charge in [0.15, 0.2) is 6.29 Å². The lowest BCUT2D eigenvalue weighted by Gasteiger charge is -2.22. The predicted molar refractivity (Wildman–Crippen MR) is 66.6 cm³/mol. The lowest BCUT2D eigenvalue weighted by Crippen LogP contribution is -2.27. The van der Waals surface area contributed by atoms with Crippen LogP contribution in [0.3, 0.4) is 0 Å². The summed E-state index contributed by atoms with van der Waals surface area (Å²) in [5.74, 6) is -0.358. The number of hydrogen-bond acceptors (Lipinski definition) is 4. The maximum absolute atomic E-state index is 11.4. The first kappa shape index (κ1) is 16.1. The van der Waals surface area contributed by atoms with E-state index in [1.807, 2.05) is 20.8 Å². The van der Waals surface area contributed by atoms with Gasteiger partial charge in [-0.05, 0) is 27.2 Å². The average Bonchev–Trinajstić information content (AvgIpc) is 2.28. The molecular weight excluding hydrogens is 220 g/mol. The fourth-order valence-corrected chi connectivity index (χ4v) is 1.32. The molecule has 0 fully saturated rings. The number of hydrogen-bond donors (Lipinski definition) is 0. The third-order valence-electron chi connectivity index (χ3n) is 2.24. The molecule has 0 saturated heterocycles. The smallest absolute Gasteiger partial charge is 0.333 e. The molecule has 0 aromatic rings. The number of carbonyl (C=O) groups is 1. The van der Waals surface area contributed by atoms with Crippen molar-refractivity contribution in [1.82, 2.24) is 0 Å². The van der Waals surface area contributed by atoms with Gasteiger partial charge >= 0.3 is 5.97 Å². The van der Waals surface area contributed by atoms with E-state index in [1.54, 1.807) is 6.92 Å². The molecule has 1 unspecified atom stereocenters. The number of rotatable bonds is 9. The SMILES string of the molecule is C=C(C)C(=O)OC(CC)CC(OCC)OCC. The Labute approximate surface area is 104 Å². The molecule has 0 radical (unpaired) electrons. The number of ether oxygens (including phenoxy) is 3. The molecule has 100 valence electrons. The van der Waals surface area contributed by atoms with Gasteiger partial charge in [-0.2, -0.15) is 0 Å². The van der Waals surface area contributed by atoms with Gasteiger partial charge in [-0.15, -0.1) is 0 Å². The van der Waals surface area contributed by atoms with Crippen LogP contribution in [0, 0.1) is 0 Å². The highest BCUT2D eigenvalue weighted by Crippen LogP contribution is 2.13. The van der Waals surface area contributed by atoms with Crippen LogP contribution in [0.5, 0.6) is 0 Å². The first-order valence-corrected chi connectivity index (χ1v) is 6.14. The second-order valence-corrected chi connectivity index (χ2v) is 3.79. The van der Waals surface area contributed by atoms with E-state index in [1.165, 1.54) is 0 Å². The zero-order valence-electron chi connectivity index (χ0n) is 11.3. The fourth-order valence-electron chi connectivity index (χ4n) is 1.32. The summed E-state index contributed by atoms with van der Waals surface area (Å²) in [5, 5.41) is 0. The van der Waals surface area contributed by atoms with E-state index in [9.17, 15) is 4.79 Å². The fraction of sp³-hybridized carbons (Fsp3) is 0.769. The highest BCUT2D eigenvalue weighted by Gasteiger charge is 2.19. The van der Waals surface area contributed by atoms with Crippen LogP contribution in [0.1, 0.15) is 40.5 Å². The minimum Gasteiger partial charge on any atom is -0.459 e. The van der Waals surface area contributed by atoms with Crippen molar-refractivity contribution in [2.45, 2.75) is 52.9 Å². The van der Waals surface area contributed by atoms with E-state index in [4.69, 9.17) is 14.2 Å². The zero-order valence-corrected chi connectivity index (χ0v) is 11.3. The van der Waals surface area contributed by atoms with E-state index in [0.29, 0.717) is 25.2 Å². The minimum absolute atomic E-state index is 0.192. The number of esters is 1. The van der Waals surface area contributed by atoms with Crippen LogP contribution in [-0.4, -0.2) is 31.6 Å². The van der Waals surface area contributed by atoms with Gasteiger partial charge in [0.2, 0.25) is 0 Å². The van der Waals surface area contributed by atoms with Gasteiger partial charge in [0.1, 0.15) is 6.10 Å². The zero-order chi connectivity index (χ0) is 13.3. The molecule has 0 bridgehead atoms. The molecule has 0 rings (SSSR count). The predicted octanol–water partition coefficient (Wildman–Crippen LogP) is 2.67. The van der Waals surface area contributed by atoms with Crippen LogP contribution < -0.4 is 0 Å². The molecular formula is C13H24O4. The molecule has 0 N–H and O–H groups in total. The molecule has 0 aliphatic heterocycles. The Morgan fingerprint density at radius 1 is 1.18 bits per heavy atom. The quantitative estimate of drug-likeness (QED) is 0.355. The Morgan fingerprint density at radius 2 is 1.71 bits per heavy atom. The molecule has 1 atom stereocenters. The summed E-state index contributed by atoms with van der Waals surface area (Å²) in [6.07, 6.45) is 0.780. The standard InChI is InChI=1S/C13H24O4/c1-6-11(17-13(14)10(4)5)9-12(15-7-2)16-8-3/h11-12H,4,6-9H2,1-3,5H3. The van der Waals surface area contributed by atoms with Gasteiger partial charge in [0, 0.05) is 25.2 Å². The molecule has 17 heavy (non-hydrogen) atoms. The number of carbonyl (C=O) groups excluding carboxylic acids is 1. The Kier molecular flexibility index (Phi) is 8.72. The normalized spacial score (nSPS) is 12.5. The van der Waals surface area contributed by atoms with Crippen LogP contribution in [0.25, 0.3) is 0 Å². The van der Waals surface area contributed by atoms with Crippen LogP contribution >= 0.6 is 0 Å². The maximum Gasteiger partial charge on any atom is 0.333 e. The van der Waals surface area contributed by atoms with Crippen molar-refractivity contribution in [3.63, 3.8) is 0 Å². The molecule has 4 heteroatoms. The molecule has 4 nitrogen and oxygen atoms in total. The first-order chi connectivity index (χ1) is 8.04. The molecule has 0 aromatic heterocycles. The van der Waals surface area contributed by atoms with Crippen LogP contribution in [0.4, 0.5) is 0 Å². The van der Waals surface area contributed by atoms with E-state index >= 15 is 0 Å². The second-order valence-electron chi connectivity index (χ2n) is 3.79. The highest BCUT2D eigenvalue weighted by atomic mass is 16.7. The Balaban J connectivity index is 4.24. The summed E-state index contributed by atoms with van der Waals surface area (Å²) in [6.45, 7) is 12.1. The summed E-state index contributed by atoms with van der Waals surface area (Å²) in [7, 11) is 0. The lowest BCUT2D eigenvalue weighted by atomic mass is 10.2. The third-order valence-corrected chi connectivity index (χ3v) is 2.24. The summed E-state index contributed by atoms with van der Waals surface area (Å²) in [5.41, 5.74) is 0.410. The summed E-state index contributed by atoms with van der Waals surface area (Å²) in [4.78, 5) is 11.4. The van der Waals surface area contributed by atoms with Crippen molar-refractivity contribution in [2.75, 3.05) is 13.2 Å².